The Labute approximate surface area is 108 Å². The fourth-order valence-corrected chi connectivity index (χ4v) is 5.71. The summed E-state index contributed by atoms with van der Waals surface area (Å²) in [6.45, 7) is 6.50. The highest BCUT2D eigenvalue weighted by Gasteiger charge is 2.69. The molecule has 0 aromatic carbocycles. The van der Waals surface area contributed by atoms with E-state index in [1.807, 2.05) is 6.92 Å². The SMILES string of the molecule is CC1C(=O)C[C@H]2C3CC[C@H](C(=O)O)[C@@]12CC3(C)C. The summed E-state index contributed by atoms with van der Waals surface area (Å²) in [7, 11) is 0. The summed E-state index contributed by atoms with van der Waals surface area (Å²) < 4.78 is 0. The number of ketones is 1. The molecule has 5 atom stereocenters. The molecule has 1 N–H and O–H groups in total. The van der Waals surface area contributed by atoms with Gasteiger partial charge in [-0.05, 0) is 41.9 Å². The van der Waals surface area contributed by atoms with Gasteiger partial charge in [0.25, 0.3) is 0 Å². The quantitative estimate of drug-likeness (QED) is 0.778. The van der Waals surface area contributed by atoms with Crippen molar-refractivity contribution < 1.29 is 14.7 Å². The molecule has 2 bridgehead atoms. The summed E-state index contributed by atoms with van der Waals surface area (Å²) in [5.74, 6) is 0.119. The first kappa shape index (κ1) is 12.2. The Bertz CT molecular complexity index is 425. The first-order valence-corrected chi connectivity index (χ1v) is 7.06. The summed E-state index contributed by atoms with van der Waals surface area (Å²) in [5, 5.41) is 9.56. The summed E-state index contributed by atoms with van der Waals surface area (Å²) >= 11 is 0. The number of carbonyl (C=O) groups is 2. The van der Waals surface area contributed by atoms with Gasteiger partial charge in [0.05, 0.1) is 5.92 Å². The standard InChI is InChI=1S/C15H22O3/c1-8-12(16)6-11-9-4-5-10(13(17)18)15(8,11)7-14(9,2)3/h8-11H,4-7H2,1-3H3,(H,17,18)/t8?,9?,10-,11+,15-/m1/s1. The van der Waals surface area contributed by atoms with E-state index in [2.05, 4.69) is 13.8 Å². The number of aliphatic carboxylic acids is 1. The van der Waals surface area contributed by atoms with Crippen LogP contribution in [0.4, 0.5) is 0 Å². The molecule has 0 spiro atoms. The summed E-state index contributed by atoms with van der Waals surface area (Å²) in [6.07, 6.45) is 3.28. The smallest absolute Gasteiger partial charge is 0.307 e. The average Bonchev–Trinajstić information content (AvgIpc) is 2.57. The lowest BCUT2D eigenvalue weighted by Gasteiger charge is -2.43. The van der Waals surface area contributed by atoms with Crippen LogP contribution in [-0.2, 0) is 9.59 Å². The number of Topliss-reactive ketones (excluding diaryl/α,β-unsaturated/α-hetero) is 1. The third-order valence-electron chi connectivity index (χ3n) is 6.37. The molecule has 3 heteroatoms. The minimum absolute atomic E-state index is 0.0619. The van der Waals surface area contributed by atoms with Gasteiger partial charge in [-0.3, -0.25) is 9.59 Å². The van der Waals surface area contributed by atoms with Gasteiger partial charge in [-0.25, -0.2) is 0 Å². The van der Waals surface area contributed by atoms with Crippen LogP contribution in [0.3, 0.4) is 0 Å². The molecule has 0 aromatic rings. The zero-order valence-corrected chi connectivity index (χ0v) is 11.4. The van der Waals surface area contributed by atoms with Crippen molar-refractivity contribution in [2.24, 2.45) is 34.5 Å². The van der Waals surface area contributed by atoms with Crippen molar-refractivity contribution in [2.75, 3.05) is 0 Å². The van der Waals surface area contributed by atoms with E-state index in [9.17, 15) is 14.7 Å². The normalized spacial score (nSPS) is 49.2. The van der Waals surface area contributed by atoms with Gasteiger partial charge in [0.15, 0.2) is 0 Å². The van der Waals surface area contributed by atoms with Gasteiger partial charge in [-0.1, -0.05) is 20.8 Å². The van der Waals surface area contributed by atoms with Crippen LogP contribution in [0.25, 0.3) is 0 Å². The monoisotopic (exact) mass is 250 g/mol. The van der Waals surface area contributed by atoms with Gasteiger partial charge < -0.3 is 5.11 Å². The van der Waals surface area contributed by atoms with Crippen LogP contribution in [-0.4, -0.2) is 16.9 Å². The van der Waals surface area contributed by atoms with Gasteiger partial charge in [-0.2, -0.15) is 0 Å². The Morgan fingerprint density at radius 2 is 1.94 bits per heavy atom. The van der Waals surface area contributed by atoms with E-state index in [0.717, 1.165) is 19.3 Å². The molecule has 3 rings (SSSR count). The first-order chi connectivity index (χ1) is 8.30. The predicted molar refractivity (Wildman–Crippen MR) is 67.0 cm³/mol. The minimum atomic E-state index is -0.683. The van der Waals surface area contributed by atoms with Crippen molar-refractivity contribution in [1.29, 1.82) is 0 Å². The predicted octanol–water partition coefficient (Wildman–Crippen LogP) is 2.74. The molecule has 0 amide bonds. The maximum Gasteiger partial charge on any atom is 0.307 e. The number of hydrogen-bond donors (Lipinski definition) is 1. The van der Waals surface area contributed by atoms with Crippen LogP contribution in [0.2, 0.25) is 0 Å². The van der Waals surface area contributed by atoms with E-state index in [4.69, 9.17) is 0 Å². The second kappa shape index (κ2) is 3.37. The van der Waals surface area contributed by atoms with E-state index in [1.165, 1.54) is 0 Å². The minimum Gasteiger partial charge on any atom is -0.481 e. The van der Waals surface area contributed by atoms with Crippen LogP contribution < -0.4 is 0 Å². The highest BCUT2D eigenvalue weighted by molar-refractivity contribution is 5.87. The van der Waals surface area contributed by atoms with Gasteiger partial charge in [0, 0.05) is 12.3 Å². The molecule has 3 fully saturated rings. The number of carboxylic acid groups (broad SMARTS) is 1. The summed E-state index contributed by atoms with van der Waals surface area (Å²) in [4.78, 5) is 23.7. The van der Waals surface area contributed by atoms with Crippen molar-refractivity contribution in [1.82, 2.24) is 0 Å². The molecular formula is C15H22O3. The number of hydrogen-bond acceptors (Lipinski definition) is 2. The molecule has 0 aromatic heterocycles. The Hall–Kier alpha value is -0.860. The van der Waals surface area contributed by atoms with Crippen LogP contribution >= 0.6 is 0 Å². The van der Waals surface area contributed by atoms with Gasteiger partial charge in [0.1, 0.15) is 5.78 Å². The number of carboxylic acids is 1. The van der Waals surface area contributed by atoms with Gasteiger partial charge in [0.2, 0.25) is 0 Å². The van der Waals surface area contributed by atoms with E-state index in [1.54, 1.807) is 0 Å². The molecule has 0 heterocycles. The third-order valence-corrected chi connectivity index (χ3v) is 6.37. The maximum atomic E-state index is 12.1. The molecule has 0 radical (unpaired) electrons. The summed E-state index contributed by atoms with van der Waals surface area (Å²) in [5.41, 5.74) is -0.0425. The average molecular weight is 250 g/mol. The molecule has 100 valence electrons. The van der Waals surface area contributed by atoms with Crippen molar-refractivity contribution in [2.45, 2.75) is 46.5 Å². The Morgan fingerprint density at radius 3 is 2.56 bits per heavy atom. The highest BCUT2D eigenvalue weighted by atomic mass is 16.4. The lowest BCUT2D eigenvalue weighted by molar-refractivity contribution is -0.152. The Kier molecular flexibility index (Phi) is 2.28. The van der Waals surface area contributed by atoms with E-state index in [-0.39, 0.29) is 22.7 Å². The van der Waals surface area contributed by atoms with Gasteiger partial charge >= 0.3 is 5.97 Å². The largest absolute Gasteiger partial charge is 0.481 e. The fraction of sp³-hybridized carbons (Fsp3) is 0.867. The van der Waals surface area contributed by atoms with E-state index < -0.39 is 5.97 Å². The zero-order valence-electron chi connectivity index (χ0n) is 11.4. The van der Waals surface area contributed by atoms with Crippen molar-refractivity contribution in [3.05, 3.63) is 0 Å². The van der Waals surface area contributed by atoms with Crippen LogP contribution in [0.15, 0.2) is 0 Å². The van der Waals surface area contributed by atoms with Crippen LogP contribution in [0, 0.1) is 34.5 Å². The number of rotatable bonds is 1. The van der Waals surface area contributed by atoms with Crippen molar-refractivity contribution in [3.8, 4) is 0 Å². The molecule has 0 aliphatic heterocycles. The molecule has 0 saturated heterocycles. The highest BCUT2D eigenvalue weighted by Crippen LogP contribution is 2.72. The third kappa shape index (κ3) is 1.20. The molecule has 3 aliphatic rings. The maximum absolute atomic E-state index is 12.1. The molecular weight excluding hydrogens is 228 g/mol. The lowest BCUT2D eigenvalue weighted by Crippen LogP contribution is -2.44. The van der Waals surface area contributed by atoms with E-state index >= 15 is 0 Å². The molecule has 3 nitrogen and oxygen atoms in total. The number of carbonyl (C=O) groups excluding carboxylic acids is 1. The summed E-state index contributed by atoms with van der Waals surface area (Å²) in [6, 6.07) is 0. The van der Waals surface area contributed by atoms with Crippen LogP contribution in [0.5, 0.6) is 0 Å². The molecule has 3 saturated carbocycles. The zero-order chi connectivity index (χ0) is 13.3. The fourth-order valence-electron chi connectivity index (χ4n) is 5.71. The lowest BCUT2D eigenvalue weighted by atomic mass is 9.59. The second-order valence-corrected chi connectivity index (χ2v) is 7.35. The molecule has 2 unspecified atom stereocenters. The first-order valence-electron chi connectivity index (χ1n) is 7.06. The van der Waals surface area contributed by atoms with Gasteiger partial charge in [-0.15, -0.1) is 0 Å². The molecule has 3 aliphatic carbocycles. The molecule has 18 heavy (non-hydrogen) atoms. The van der Waals surface area contributed by atoms with E-state index in [0.29, 0.717) is 24.0 Å². The van der Waals surface area contributed by atoms with Crippen LogP contribution in [0.1, 0.15) is 46.5 Å². The topological polar surface area (TPSA) is 54.4 Å². The van der Waals surface area contributed by atoms with Crippen molar-refractivity contribution in [3.63, 3.8) is 0 Å². The Morgan fingerprint density at radius 1 is 1.28 bits per heavy atom. The van der Waals surface area contributed by atoms with Crippen molar-refractivity contribution >= 4 is 11.8 Å². The second-order valence-electron chi connectivity index (χ2n) is 7.35. The Balaban J connectivity index is 2.13.